The first kappa shape index (κ1) is 23.5. The van der Waals surface area contributed by atoms with Gasteiger partial charge in [0.15, 0.2) is 5.16 Å². The van der Waals surface area contributed by atoms with Gasteiger partial charge in [0.25, 0.3) is 5.56 Å². The Labute approximate surface area is 199 Å². The minimum absolute atomic E-state index is 0.0657. The summed E-state index contributed by atoms with van der Waals surface area (Å²) in [6.07, 6.45) is 7.16. The van der Waals surface area contributed by atoms with Crippen molar-refractivity contribution < 1.29 is 4.74 Å². The number of nitrogens with zero attached hydrogens (tertiary/aromatic N) is 2. The number of aryl methyl sites for hydroxylation is 1. The van der Waals surface area contributed by atoms with Crippen molar-refractivity contribution in [3.05, 3.63) is 50.6 Å². The van der Waals surface area contributed by atoms with Crippen LogP contribution in [0.5, 0.6) is 0 Å². The number of thioether (sulfide) groups is 1. The van der Waals surface area contributed by atoms with Gasteiger partial charge in [-0.2, -0.15) is 0 Å². The van der Waals surface area contributed by atoms with E-state index in [1.807, 2.05) is 16.7 Å². The summed E-state index contributed by atoms with van der Waals surface area (Å²) >= 11 is 3.35. The number of aromatic nitrogens is 2. The quantitative estimate of drug-likeness (QED) is 0.193. The number of fused-ring (bicyclic) bond motifs is 3. The molecule has 1 aliphatic rings. The Morgan fingerprint density at radius 3 is 2.81 bits per heavy atom. The number of hydrogen-bond acceptors (Lipinski definition) is 5. The van der Waals surface area contributed by atoms with Crippen molar-refractivity contribution in [2.24, 2.45) is 5.92 Å². The number of hydrogen-bond donors (Lipinski definition) is 0. The van der Waals surface area contributed by atoms with E-state index < -0.39 is 0 Å². The molecule has 0 fully saturated rings. The highest BCUT2D eigenvalue weighted by molar-refractivity contribution is 7.99. The summed E-state index contributed by atoms with van der Waals surface area (Å²) < 4.78 is 7.92. The van der Waals surface area contributed by atoms with Crippen LogP contribution in [0.3, 0.4) is 0 Å². The minimum atomic E-state index is 0.0657. The first-order valence-electron chi connectivity index (χ1n) is 11.9. The van der Waals surface area contributed by atoms with Crippen LogP contribution in [0.2, 0.25) is 0 Å². The van der Waals surface area contributed by atoms with Gasteiger partial charge in [-0.25, -0.2) is 4.98 Å². The normalized spacial score (nSPS) is 16.1. The fourth-order valence-corrected chi connectivity index (χ4v) is 6.47. The van der Waals surface area contributed by atoms with Gasteiger partial charge in [-0.15, -0.1) is 11.3 Å². The Kier molecular flexibility index (Phi) is 7.74. The molecule has 32 heavy (non-hydrogen) atoms. The van der Waals surface area contributed by atoms with Gasteiger partial charge in [-0.3, -0.25) is 9.36 Å². The second-order valence-electron chi connectivity index (χ2n) is 9.12. The van der Waals surface area contributed by atoms with Crippen molar-refractivity contribution in [2.75, 3.05) is 5.75 Å². The summed E-state index contributed by atoms with van der Waals surface area (Å²) in [5.41, 5.74) is 3.27. The van der Waals surface area contributed by atoms with Gasteiger partial charge in [-0.1, -0.05) is 70.3 Å². The Morgan fingerprint density at radius 1 is 1.25 bits per heavy atom. The molecule has 0 N–H and O–H groups in total. The Morgan fingerprint density at radius 2 is 2.06 bits per heavy atom. The highest BCUT2D eigenvalue weighted by atomic mass is 32.2. The summed E-state index contributed by atoms with van der Waals surface area (Å²) in [6, 6.07) is 8.19. The molecule has 0 saturated heterocycles. The van der Waals surface area contributed by atoms with Crippen LogP contribution in [0.15, 0.2) is 34.2 Å². The number of unbranched alkanes of at least 4 members (excludes halogenated alkanes) is 4. The van der Waals surface area contributed by atoms with E-state index in [4.69, 9.17) is 9.72 Å². The largest absolute Gasteiger partial charge is 0.372 e. The zero-order chi connectivity index (χ0) is 22.7. The van der Waals surface area contributed by atoms with E-state index in [0.717, 1.165) is 50.8 Å². The maximum Gasteiger partial charge on any atom is 0.267 e. The summed E-state index contributed by atoms with van der Waals surface area (Å²) in [5, 5.41) is 1.61. The fraction of sp³-hybridized carbons (Fsp3) is 0.538. The van der Waals surface area contributed by atoms with Crippen LogP contribution in [-0.2, 0) is 17.8 Å². The molecule has 1 aromatic carbocycles. The highest BCUT2D eigenvalue weighted by Crippen LogP contribution is 2.36. The molecule has 0 radical (unpaired) electrons. The number of benzene rings is 1. The smallest absolute Gasteiger partial charge is 0.267 e. The van der Waals surface area contributed by atoms with E-state index in [2.05, 4.69) is 39.8 Å². The maximum absolute atomic E-state index is 13.9. The van der Waals surface area contributed by atoms with Gasteiger partial charge < -0.3 is 4.74 Å². The zero-order valence-corrected chi connectivity index (χ0v) is 21.3. The molecule has 4 nitrogen and oxygen atoms in total. The first-order chi connectivity index (χ1) is 15.5. The summed E-state index contributed by atoms with van der Waals surface area (Å²) in [6.45, 7) is 9.26. The molecule has 3 aromatic rings. The third kappa shape index (κ3) is 4.97. The van der Waals surface area contributed by atoms with Crippen LogP contribution in [0, 0.1) is 12.8 Å². The average molecular weight is 471 g/mol. The number of ether oxygens (including phenoxy) is 1. The lowest BCUT2D eigenvalue weighted by Crippen LogP contribution is -2.28. The van der Waals surface area contributed by atoms with Crippen LogP contribution < -0.4 is 5.56 Å². The number of thiophene rings is 1. The van der Waals surface area contributed by atoms with Crippen LogP contribution in [0.1, 0.15) is 68.9 Å². The van der Waals surface area contributed by atoms with Crippen molar-refractivity contribution in [3.63, 3.8) is 0 Å². The average Bonchev–Trinajstić information content (AvgIpc) is 3.14. The van der Waals surface area contributed by atoms with E-state index >= 15 is 0 Å². The molecule has 172 valence electrons. The number of rotatable bonds is 9. The predicted octanol–water partition coefficient (Wildman–Crippen LogP) is 6.92. The SMILES string of the molecule is CCCCCCCSc1nc2sc3c(c2c(=O)n1-c1cccc(C)c1)C[C@H](C(C)C)OC3. The van der Waals surface area contributed by atoms with Crippen molar-refractivity contribution in [1.82, 2.24) is 9.55 Å². The first-order valence-corrected chi connectivity index (χ1v) is 13.7. The molecule has 0 amide bonds. The molecule has 6 heteroatoms. The van der Waals surface area contributed by atoms with Gasteiger partial charge in [0, 0.05) is 17.1 Å². The van der Waals surface area contributed by atoms with Gasteiger partial charge in [-0.05, 0) is 42.5 Å². The van der Waals surface area contributed by atoms with Crippen LogP contribution >= 0.6 is 23.1 Å². The Balaban J connectivity index is 1.75. The zero-order valence-electron chi connectivity index (χ0n) is 19.6. The molecule has 0 saturated carbocycles. The fourth-order valence-electron chi connectivity index (χ4n) is 4.30. The molecule has 0 unspecified atom stereocenters. The molecule has 1 aliphatic heterocycles. The van der Waals surface area contributed by atoms with Crippen molar-refractivity contribution >= 4 is 33.3 Å². The van der Waals surface area contributed by atoms with Crippen molar-refractivity contribution in [2.45, 2.75) is 84.1 Å². The molecule has 3 heterocycles. The topological polar surface area (TPSA) is 44.1 Å². The van der Waals surface area contributed by atoms with Gasteiger partial charge >= 0.3 is 0 Å². The predicted molar refractivity (Wildman–Crippen MR) is 137 cm³/mol. The lowest BCUT2D eigenvalue weighted by atomic mass is 9.96. The molecule has 0 aliphatic carbocycles. The molecule has 0 bridgehead atoms. The molecular formula is C26H34N2O2S2. The molecule has 1 atom stereocenters. The van der Waals surface area contributed by atoms with Crippen LogP contribution in [0.4, 0.5) is 0 Å². The summed E-state index contributed by atoms with van der Waals surface area (Å²) in [5.74, 6) is 1.41. The van der Waals surface area contributed by atoms with E-state index in [9.17, 15) is 4.79 Å². The molecule has 2 aromatic heterocycles. The standard InChI is InChI=1S/C26H34N2O2S2/c1-5-6-7-8-9-13-31-26-27-24-23(20-15-21(17(2)3)30-16-22(20)32-24)25(29)28(26)19-12-10-11-18(4)14-19/h10-12,14,17,21H,5-9,13,15-16H2,1-4H3/t21-/m1/s1. The molecule has 0 spiro atoms. The van der Waals surface area contributed by atoms with Gasteiger partial charge in [0.05, 0.1) is 23.8 Å². The lowest BCUT2D eigenvalue weighted by Gasteiger charge is -2.26. The Bertz CT molecular complexity index is 1130. The van der Waals surface area contributed by atoms with E-state index in [-0.39, 0.29) is 11.7 Å². The monoisotopic (exact) mass is 470 g/mol. The highest BCUT2D eigenvalue weighted by Gasteiger charge is 2.28. The third-order valence-corrected chi connectivity index (χ3v) is 8.32. The van der Waals surface area contributed by atoms with Gasteiger partial charge in [0.1, 0.15) is 4.83 Å². The van der Waals surface area contributed by atoms with Crippen LogP contribution in [-0.4, -0.2) is 21.4 Å². The van der Waals surface area contributed by atoms with E-state index in [0.29, 0.717) is 12.5 Å². The molecular weight excluding hydrogens is 436 g/mol. The van der Waals surface area contributed by atoms with Crippen molar-refractivity contribution in [1.29, 1.82) is 0 Å². The minimum Gasteiger partial charge on any atom is -0.372 e. The van der Waals surface area contributed by atoms with Crippen molar-refractivity contribution in [3.8, 4) is 5.69 Å². The van der Waals surface area contributed by atoms with E-state index in [1.165, 1.54) is 30.6 Å². The summed E-state index contributed by atoms with van der Waals surface area (Å²) in [4.78, 5) is 21.0. The molecule has 4 rings (SSSR count). The summed E-state index contributed by atoms with van der Waals surface area (Å²) in [7, 11) is 0. The van der Waals surface area contributed by atoms with Gasteiger partial charge in [0.2, 0.25) is 0 Å². The maximum atomic E-state index is 13.9. The van der Waals surface area contributed by atoms with E-state index in [1.54, 1.807) is 23.1 Å². The second kappa shape index (κ2) is 10.5. The Hall–Kier alpha value is -1.63. The second-order valence-corrected chi connectivity index (χ2v) is 11.3. The third-order valence-electron chi connectivity index (χ3n) is 6.19. The van der Waals surface area contributed by atoms with Crippen LogP contribution in [0.25, 0.3) is 15.9 Å². The lowest BCUT2D eigenvalue weighted by molar-refractivity contribution is 0.00200.